The minimum absolute atomic E-state index is 1.09. The van der Waals surface area contributed by atoms with Gasteiger partial charge < -0.3 is 9.13 Å². The second-order valence-electron chi connectivity index (χ2n) is 11.7. The maximum absolute atomic E-state index is 2.41. The molecule has 208 valence electrons. The summed E-state index contributed by atoms with van der Waals surface area (Å²) in [7, 11) is 0. The number of allylic oxidation sites excluding steroid dienone is 4. The number of aromatic nitrogens is 2. The van der Waals surface area contributed by atoms with Crippen LogP contribution in [-0.4, -0.2) is 9.13 Å². The molecule has 0 fully saturated rings. The molecule has 0 amide bonds. The van der Waals surface area contributed by atoms with Crippen molar-refractivity contribution in [3.8, 4) is 27.9 Å². The quantitative estimate of drug-likeness (QED) is 0.202. The summed E-state index contributed by atoms with van der Waals surface area (Å²) in [5.41, 5.74) is 12.3. The second-order valence-corrected chi connectivity index (χ2v) is 11.7. The van der Waals surface area contributed by atoms with Crippen LogP contribution in [0.25, 0.3) is 77.2 Å². The van der Waals surface area contributed by atoms with Crippen molar-refractivity contribution >= 4 is 49.3 Å². The molecule has 2 aromatic heterocycles. The molecule has 0 spiro atoms. The van der Waals surface area contributed by atoms with E-state index in [9.17, 15) is 0 Å². The predicted molar refractivity (Wildman–Crippen MR) is 187 cm³/mol. The molecule has 1 aliphatic carbocycles. The molecular weight excluding hydrogens is 532 g/mol. The van der Waals surface area contributed by atoms with E-state index >= 15 is 0 Å². The van der Waals surface area contributed by atoms with Crippen LogP contribution in [0, 0.1) is 0 Å². The van der Waals surface area contributed by atoms with Gasteiger partial charge in [-0.25, -0.2) is 0 Å². The van der Waals surface area contributed by atoms with Crippen LogP contribution in [0.2, 0.25) is 0 Å². The zero-order valence-electron chi connectivity index (χ0n) is 24.3. The minimum atomic E-state index is 1.09. The number of rotatable bonds is 4. The summed E-state index contributed by atoms with van der Waals surface area (Å²) >= 11 is 0. The minimum Gasteiger partial charge on any atom is -0.310 e. The summed E-state index contributed by atoms with van der Waals surface area (Å²) in [6, 6.07) is 51.0. The van der Waals surface area contributed by atoms with Crippen LogP contribution in [0.15, 0.2) is 158 Å². The van der Waals surface area contributed by atoms with Crippen molar-refractivity contribution in [1.82, 2.24) is 9.13 Å². The zero-order valence-corrected chi connectivity index (χ0v) is 24.3. The van der Waals surface area contributed by atoms with E-state index in [0.29, 0.717) is 0 Å². The van der Waals surface area contributed by atoms with Crippen molar-refractivity contribution in [3.63, 3.8) is 0 Å². The highest BCUT2D eigenvalue weighted by atomic mass is 15.0. The summed E-state index contributed by atoms with van der Waals surface area (Å²) in [5, 5.41) is 5.14. The van der Waals surface area contributed by atoms with Crippen LogP contribution in [0.4, 0.5) is 0 Å². The van der Waals surface area contributed by atoms with Gasteiger partial charge in [-0.2, -0.15) is 0 Å². The number of benzene rings is 6. The van der Waals surface area contributed by atoms with Crippen molar-refractivity contribution in [1.29, 1.82) is 0 Å². The fraction of sp³-hybridized carbons (Fsp3) is 0.0476. The van der Waals surface area contributed by atoms with Crippen LogP contribution >= 0.6 is 0 Å². The van der Waals surface area contributed by atoms with Crippen molar-refractivity contribution in [2.24, 2.45) is 0 Å². The standard InChI is InChI=1S/C42H30N2/c1-3-11-33(12-4-1)43-39-17-9-7-15-35(39)37-27-31(23-25-41(37)43)29-19-21-30(22-20-29)32-24-26-42-38(28-32)36-16-8-10-18-40(36)44(42)34-13-5-2-6-14-34/h1,3-5,7-28H,2,6H2. The lowest BCUT2D eigenvalue weighted by atomic mass is 9.98. The highest BCUT2D eigenvalue weighted by Crippen LogP contribution is 2.38. The zero-order chi connectivity index (χ0) is 29.0. The molecule has 2 nitrogen and oxygen atoms in total. The van der Waals surface area contributed by atoms with Gasteiger partial charge in [-0.15, -0.1) is 0 Å². The molecule has 0 radical (unpaired) electrons. The van der Waals surface area contributed by atoms with E-state index in [-0.39, 0.29) is 0 Å². The third kappa shape index (κ3) is 3.88. The number of nitrogens with zero attached hydrogens (tertiary/aromatic N) is 2. The van der Waals surface area contributed by atoms with Crippen LogP contribution in [-0.2, 0) is 0 Å². The van der Waals surface area contributed by atoms with E-state index in [4.69, 9.17) is 0 Å². The van der Waals surface area contributed by atoms with Gasteiger partial charge >= 0.3 is 0 Å². The monoisotopic (exact) mass is 562 g/mol. The lowest BCUT2D eigenvalue weighted by Gasteiger charge is -2.12. The maximum Gasteiger partial charge on any atom is 0.0541 e. The Kier molecular flexibility index (Phi) is 5.67. The molecule has 2 heterocycles. The van der Waals surface area contributed by atoms with Gasteiger partial charge in [0, 0.05) is 32.9 Å². The Hall–Kier alpha value is -5.60. The van der Waals surface area contributed by atoms with Crippen LogP contribution in [0.5, 0.6) is 0 Å². The lowest BCUT2D eigenvalue weighted by Crippen LogP contribution is -1.96. The molecule has 0 bridgehead atoms. The SMILES string of the molecule is C1=CC(n2c3ccccc3c3cc(-c4ccc(-c5ccc6c(c5)c5ccccc5n6-c5ccccc5)cc4)ccc32)=CCC1. The predicted octanol–water partition coefficient (Wildman–Crippen LogP) is 11.4. The van der Waals surface area contributed by atoms with Gasteiger partial charge in [0.15, 0.2) is 0 Å². The Balaban J connectivity index is 1.12. The molecule has 44 heavy (non-hydrogen) atoms. The first-order chi connectivity index (χ1) is 21.8. The number of fused-ring (bicyclic) bond motifs is 6. The third-order valence-electron chi connectivity index (χ3n) is 9.14. The summed E-state index contributed by atoms with van der Waals surface area (Å²) in [5.74, 6) is 0. The van der Waals surface area contributed by atoms with Crippen molar-refractivity contribution < 1.29 is 0 Å². The third-order valence-corrected chi connectivity index (χ3v) is 9.14. The highest BCUT2D eigenvalue weighted by Gasteiger charge is 2.15. The van der Waals surface area contributed by atoms with Gasteiger partial charge in [-0.1, -0.05) is 103 Å². The van der Waals surface area contributed by atoms with E-state index in [1.165, 1.54) is 77.2 Å². The Bertz CT molecular complexity index is 2410. The summed E-state index contributed by atoms with van der Waals surface area (Å²) < 4.78 is 4.78. The average molecular weight is 563 g/mol. The fourth-order valence-electron chi connectivity index (χ4n) is 7.06. The van der Waals surface area contributed by atoms with E-state index in [0.717, 1.165) is 12.8 Å². The van der Waals surface area contributed by atoms with E-state index < -0.39 is 0 Å². The van der Waals surface area contributed by atoms with Crippen LogP contribution in [0.3, 0.4) is 0 Å². The fourth-order valence-corrected chi connectivity index (χ4v) is 7.06. The van der Waals surface area contributed by atoms with Gasteiger partial charge in [-0.05, 0) is 89.7 Å². The first-order valence-corrected chi connectivity index (χ1v) is 15.4. The molecule has 8 aromatic rings. The second kappa shape index (κ2) is 10.00. The average Bonchev–Trinajstić information content (AvgIpc) is 3.61. The van der Waals surface area contributed by atoms with E-state index in [2.05, 4.69) is 167 Å². The molecule has 1 aliphatic rings. The normalized spacial score (nSPS) is 13.3. The Labute approximate surface area is 256 Å². The molecule has 0 saturated heterocycles. The first kappa shape index (κ1) is 24.9. The summed E-state index contributed by atoms with van der Waals surface area (Å²) in [4.78, 5) is 0. The first-order valence-electron chi connectivity index (χ1n) is 15.4. The molecule has 0 unspecified atom stereocenters. The largest absolute Gasteiger partial charge is 0.310 e. The molecular formula is C42H30N2. The van der Waals surface area contributed by atoms with Crippen LogP contribution in [0.1, 0.15) is 12.8 Å². The van der Waals surface area contributed by atoms with E-state index in [1.807, 2.05) is 0 Å². The number of hydrogen-bond acceptors (Lipinski definition) is 0. The van der Waals surface area contributed by atoms with Crippen LogP contribution < -0.4 is 0 Å². The molecule has 0 atom stereocenters. The number of hydrogen-bond donors (Lipinski definition) is 0. The molecule has 0 saturated carbocycles. The Morgan fingerprint density at radius 2 is 0.886 bits per heavy atom. The van der Waals surface area contributed by atoms with Crippen molar-refractivity contribution in [2.45, 2.75) is 12.8 Å². The van der Waals surface area contributed by atoms with Gasteiger partial charge in [-0.3, -0.25) is 0 Å². The van der Waals surface area contributed by atoms with Gasteiger partial charge in [0.05, 0.1) is 22.1 Å². The van der Waals surface area contributed by atoms with Crippen molar-refractivity contribution in [3.05, 3.63) is 158 Å². The number of para-hydroxylation sites is 3. The van der Waals surface area contributed by atoms with Gasteiger partial charge in [0.2, 0.25) is 0 Å². The molecule has 2 heteroatoms. The lowest BCUT2D eigenvalue weighted by molar-refractivity contribution is 1.02. The molecule has 6 aromatic carbocycles. The highest BCUT2D eigenvalue weighted by molar-refractivity contribution is 6.12. The van der Waals surface area contributed by atoms with Gasteiger partial charge in [0.25, 0.3) is 0 Å². The van der Waals surface area contributed by atoms with Crippen molar-refractivity contribution in [2.75, 3.05) is 0 Å². The molecule has 0 aliphatic heterocycles. The maximum atomic E-state index is 2.41. The Morgan fingerprint density at radius 1 is 0.386 bits per heavy atom. The van der Waals surface area contributed by atoms with Gasteiger partial charge in [0.1, 0.15) is 0 Å². The summed E-state index contributed by atoms with van der Waals surface area (Å²) in [6.07, 6.45) is 9.11. The molecule has 9 rings (SSSR count). The smallest absolute Gasteiger partial charge is 0.0541 e. The topological polar surface area (TPSA) is 9.86 Å². The summed E-state index contributed by atoms with van der Waals surface area (Å²) in [6.45, 7) is 0. The Morgan fingerprint density at radius 3 is 1.48 bits per heavy atom. The molecule has 0 N–H and O–H groups in total. The van der Waals surface area contributed by atoms with E-state index in [1.54, 1.807) is 0 Å².